The van der Waals surface area contributed by atoms with Crippen LogP contribution in [-0.2, 0) is 38.0 Å². The highest BCUT2D eigenvalue weighted by Crippen LogP contribution is 2.66. The first-order chi connectivity index (χ1) is 44.0. The third-order valence-electron chi connectivity index (χ3n) is 19.3. The molecule has 4 aromatic carbocycles. The molecule has 96 heavy (non-hydrogen) atoms. The quantitative estimate of drug-likeness (QED) is 0.113. The van der Waals surface area contributed by atoms with E-state index in [4.69, 9.17) is 28.4 Å². The standard InChI is InChI=1S/2C17H20F6O4.2C14H12F2I.C6H15N.BrH/c2*1-13(18,19)12(24)27-14-4-9-2-10(5-14)17(11(3-9)6-14)25-7-15(20,21)16(22,23)8-26-17;2*1-9-3-5-11(15)7-13(9)17-14-8-12(16)6-4-10(14)2;1-4-7(5-2)6-3;/h2*9-11H,2-8H2,1H3;2*3-8H,1-2H3;4-6H2,1-3H3;1H/q;;2*+1;;. The van der Waals surface area contributed by atoms with Gasteiger partial charge in [-0.1, -0.05) is 24.3 Å². The number of rotatable bonds is 11. The second-order valence-electron chi connectivity index (χ2n) is 26.6. The number of halogens is 19. The van der Waals surface area contributed by atoms with Gasteiger partial charge in [-0.2, -0.15) is 52.7 Å². The van der Waals surface area contributed by atoms with Gasteiger partial charge in [-0.15, -0.1) is 0 Å². The Kier molecular flexibility index (Phi) is 25.4. The number of alkyl halides is 12. The normalized spacial score (nSPS) is 27.8. The number of hydrogen-bond donors (Lipinski definition) is 1. The van der Waals surface area contributed by atoms with Crippen LogP contribution in [0.1, 0.15) is 121 Å². The summed E-state index contributed by atoms with van der Waals surface area (Å²) in [5.74, 6) is -34.4. The van der Waals surface area contributed by atoms with Crippen molar-refractivity contribution in [2.45, 2.75) is 185 Å². The van der Waals surface area contributed by atoms with E-state index in [0.717, 1.165) is 36.5 Å². The molecule has 0 amide bonds. The second kappa shape index (κ2) is 30.6. The van der Waals surface area contributed by atoms with Crippen molar-refractivity contribution >= 4 is 11.9 Å². The molecule has 0 radical (unpaired) electrons. The smallest absolute Gasteiger partial charge is 0.377 e. The fourth-order valence-electron chi connectivity index (χ4n) is 14.4. The highest BCUT2D eigenvalue weighted by atomic mass is 127. The van der Waals surface area contributed by atoms with E-state index in [0.29, 0.717) is 52.4 Å². The molecule has 8 saturated carbocycles. The molecule has 4 aromatic rings. The first-order valence-electron chi connectivity index (χ1n) is 31.5. The Labute approximate surface area is 579 Å². The minimum absolute atomic E-state index is 0. The van der Waals surface area contributed by atoms with Crippen molar-refractivity contribution in [3.63, 3.8) is 0 Å². The largest absolute Gasteiger partial charge is 1.00 e. The summed E-state index contributed by atoms with van der Waals surface area (Å²) in [6.07, 6.45) is 2.93. The van der Waals surface area contributed by atoms with E-state index in [1.807, 2.05) is 27.7 Å². The first kappa shape index (κ1) is 79.8. The summed E-state index contributed by atoms with van der Waals surface area (Å²) in [7, 11) is 0. The van der Waals surface area contributed by atoms with E-state index >= 15 is 0 Å². The van der Waals surface area contributed by atoms with Gasteiger partial charge in [-0.05, 0) is 149 Å². The Bertz CT molecular complexity index is 2980. The van der Waals surface area contributed by atoms with Crippen LogP contribution < -0.4 is 64.3 Å². The molecule has 2 saturated heterocycles. The zero-order chi connectivity index (χ0) is 70.3. The molecule has 8 aliphatic carbocycles. The van der Waals surface area contributed by atoms with Crippen LogP contribution in [0.5, 0.6) is 0 Å². The lowest BCUT2D eigenvalue weighted by molar-refractivity contribution is -0.894. The van der Waals surface area contributed by atoms with E-state index < -0.39 is 163 Å². The van der Waals surface area contributed by atoms with Gasteiger partial charge in [-0.25, -0.2) is 27.2 Å². The number of quaternary nitrogens is 1. The summed E-state index contributed by atoms with van der Waals surface area (Å²) in [6.45, 7) is 13.3. The summed E-state index contributed by atoms with van der Waals surface area (Å²) in [5.41, 5.74) is 1.99. The van der Waals surface area contributed by atoms with Gasteiger partial charge in [0.25, 0.3) is 0 Å². The van der Waals surface area contributed by atoms with E-state index in [1.54, 1.807) is 53.4 Å². The van der Waals surface area contributed by atoms with Gasteiger partial charge >= 0.3 is 89.9 Å². The van der Waals surface area contributed by atoms with Crippen molar-refractivity contribution in [2.24, 2.45) is 35.5 Å². The van der Waals surface area contributed by atoms with Gasteiger partial charge in [0.05, 0.1) is 19.6 Å². The van der Waals surface area contributed by atoms with Gasteiger partial charge in [0.2, 0.25) is 0 Å². The predicted octanol–water partition coefficient (Wildman–Crippen LogP) is 5.91. The van der Waals surface area contributed by atoms with Crippen molar-refractivity contribution in [1.82, 2.24) is 0 Å². The summed E-state index contributed by atoms with van der Waals surface area (Å²) < 4.78 is 251. The van der Waals surface area contributed by atoms with Gasteiger partial charge in [0.1, 0.15) is 60.9 Å². The molecule has 4 unspecified atom stereocenters. The van der Waals surface area contributed by atoms with Gasteiger partial charge < -0.3 is 50.3 Å². The van der Waals surface area contributed by atoms with Crippen LogP contribution in [0.25, 0.3) is 0 Å². The average molecular weight is 1680 g/mol. The lowest BCUT2D eigenvalue weighted by Crippen LogP contribution is -3.62. The predicted molar refractivity (Wildman–Crippen MR) is 307 cm³/mol. The van der Waals surface area contributed by atoms with Crippen molar-refractivity contribution in [2.75, 3.05) is 46.1 Å². The second-order valence-corrected chi connectivity index (χ2v) is 32.3. The van der Waals surface area contributed by atoms with Crippen LogP contribution in [0.2, 0.25) is 0 Å². The maximum absolute atomic E-state index is 13.7. The molecule has 9 nitrogen and oxygen atoms in total. The molecule has 28 heteroatoms. The molecule has 0 aromatic heterocycles. The van der Waals surface area contributed by atoms with E-state index in [-0.39, 0.29) is 77.8 Å². The van der Waals surface area contributed by atoms with E-state index in [2.05, 4.69) is 20.8 Å². The van der Waals surface area contributed by atoms with Crippen molar-refractivity contribution in [3.8, 4) is 0 Å². The van der Waals surface area contributed by atoms with Gasteiger partial charge in [0.15, 0.2) is 25.9 Å². The molecule has 10 aliphatic rings. The molecular weight excluding hydrogens is 1600 g/mol. The third-order valence-corrected chi connectivity index (χ3v) is 26.3. The van der Waals surface area contributed by atoms with Crippen LogP contribution in [0.15, 0.2) is 72.8 Å². The van der Waals surface area contributed by atoms with Gasteiger partial charge in [-0.3, -0.25) is 0 Å². The van der Waals surface area contributed by atoms with Crippen LogP contribution in [0.4, 0.5) is 70.2 Å². The number of aryl methyl sites for hydroxylation is 4. The monoisotopic (exact) mass is 1680 g/mol. The number of ether oxygens (including phenoxy) is 6. The molecule has 14 rings (SSSR count). The summed E-state index contributed by atoms with van der Waals surface area (Å²) in [6, 6.07) is 19.2. The lowest BCUT2D eigenvalue weighted by Gasteiger charge is -2.63. The van der Waals surface area contributed by atoms with Crippen LogP contribution >= 0.6 is 0 Å². The highest BCUT2D eigenvalue weighted by molar-refractivity contribution is 5.78. The topological polar surface area (TPSA) is 94.0 Å². The zero-order valence-corrected chi connectivity index (χ0v) is 60.3. The molecule has 10 fully saturated rings. The van der Waals surface area contributed by atoms with Crippen molar-refractivity contribution in [3.05, 3.63) is 133 Å². The first-order valence-corrected chi connectivity index (χ1v) is 35.8. The lowest BCUT2D eigenvalue weighted by atomic mass is 9.51. The Hall–Kier alpha value is -3.56. The molecule has 2 aliphatic heterocycles. The molecule has 1 N–H and O–H groups in total. The van der Waals surface area contributed by atoms with E-state index in [9.17, 15) is 79.8 Å². The highest BCUT2D eigenvalue weighted by Gasteiger charge is 2.72. The zero-order valence-electron chi connectivity index (χ0n) is 54.4. The molecule has 536 valence electrons. The Morgan fingerprint density at radius 3 is 0.875 bits per heavy atom. The number of benzene rings is 4. The minimum atomic E-state index is -4.36. The fraction of sp³-hybridized carbons (Fsp3) is 0.618. The molecule has 8 bridgehead atoms. The number of hydrogen-bond acceptors (Lipinski definition) is 8. The molecule has 4 atom stereocenters. The summed E-state index contributed by atoms with van der Waals surface area (Å²) >= 11 is -1.06. The Balaban J connectivity index is 0.000000178. The van der Waals surface area contributed by atoms with Crippen molar-refractivity contribution in [1.29, 1.82) is 0 Å². The van der Waals surface area contributed by atoms with Crippen LogP contribution in [0.3, 0.4) is 0 Å². The third kappa shape index (κ3) is 18.0. The Morgan fingerprint density at radius 2 is 0.677 bits per heavy atom. The average Bonchev–Trinajstić information content (AvgIpc) is 1.09. The molecular formula is C68H80BrF16I2NO8+2. The van der Waals surface area contributed by atoms with Crippen molar-refractivity contribution < 1.29 is 173 Å². The maximum Gasteiger partial charge on any atom is 0.377 e. The maximum atomic E-state index is 13.7. The number of carbonyl (C=O) groups excluding carboxylic acids is 2. The number of nitrogens with one attached hydrogen (secondary N) is 1. The number of carbonyl (C=O) groups is 2. The summed E-state index contributed by atoms with van der Waals surface area (Å²) in [4.78, 5) is 25.1. The summed E-state index contributed by atoms with van der Waals surface area (Å²) in [5, 5.41) is 0. The number of esters is 2. The van der Waals surface area contributed by atoms with Crippen LogP contribution in [-0.4, -0.2) is 116 Å². The SMILES string of the molecule is CC(F)(F)C(=O)OC12CC3CC(C1)C1(OCC(F)(F)C(F)(F)CO1)C(C3)C2.CC(F)(F)C(=O)OC12CC3CC(C1)C1(OCC(F)(F)C(F)(F)CO1)C(C3)C2.CC[NH+](CC)CC.Cc1ccc(F)cc1[I+]c1cc(F)ccc1C.Cc1ccc(F)cc1[I+]c1cc(F)ccc1C.[Br-]. The fourth-order valence-corrected chi connectivity index (χ4v) is 19.9. The van der Waals surface area contributed by atoms with E-state index in [1.165, 1.54) is 43.9 Å². The Morgan fingerprint density at radius 1 is 0.448 bits per heavy atom. The minimum Gasteiger partial charge on any atom is -1.00 e. The van der Waals surface area contributed by atoms with Gasteiger partial charge in [0, 0.05) is 84.0 Å². The van der Waals surface area contributed by atoms with Crippen LogP contribution in [0, 0.1) is 101 Å². The molecule has 2 heterocycles. The molecule has 2 spiro atoms.